The van der Waals surface area contributed by atoms with E-state index in [1.165, 1.54) is 0 Å². The van der Waals surface area contributed by atoms with Crippen molar-refractivity contribution >= 4 is 11.8 Å². The smallest absolute Gasteiger partial charge is 0.308 e. The van der Waals surface area contributed by atoms with E-state index >= 15 is 0 Å². The van der Waals surface area contributed by atoms with Gasteiger partial charge in [-0.15, -0.1) is 0 Å². The number of ketones is 1. The van der Waals surface area contributed by atoms with Gasteiger partial charge in [0, 0.05) is 83.8 Å². The second-order valence-electron chi connectivity index (χ2n) is 27.8. The predicted molar refractivity (Wildman–Crippen MR) is 286 cm³/mol. The Balaban J connectivity index is 0.699. The van der Waals surface area contributed by atoms with Crippen LogP contribution in [0.3, 0.4) is 0 Å². The highest BCUT2D eigenvalue weighted by Crippen LogP contribution is 2.54. The molecule has 0 amide bonds. The molecule has 13 fully saturated rings. The van der Waals surface area contributed by atoms with E-state index in [1.807, 2.05) is 6.92 Å². The highest BCUT2D eigenvalue weighted by atomic mass is 16.8. The first-order chi connectivity index (χ1) is 38.9. The van der Waals surface area contributed by atoms with Gasteiger partial charge in [0.1, 0.15) is 24.1 Å². The number of carbonyl (C=O) groups is 2. The van der Waals surface area contributed by atoms with Crippen molar-refractivity contribution in [2.75, 3.05) is 13.7 Å². The maximum atomic E-state index is 14.6. The summed E-state index contributed by atoms with van der Waals surface area (Å²) in [5, 5.41) is 31.0. The standard InChI is InChI=1S/C62H94O19/c1-29-16-36-8-10-42-30(2)17-38(69-42)12-14-61-27-52(68-7)60(81-61)49-25-50(79-61)59-43(73-49)11-9-37(72-59)21-54(67)77-58-34(6)57-48(74-47(58)23-44(70-36)33(29)5)24-46-51(76-57)26-62(78-46)28-53-56(80-62)32(4)19-39(71-53)18-31(3)55-41(66)22-40(65)45(75-55)20-35(64)13-15-63/h29-32,34,36-53,55-60,63,65-66H,5,8-28H2,1-4,6-7H3/t29-,30-,31+,32+,34+,36+,37-,38+,39-,40-,41+,42+,43+,44-,45-,46-,47+,48+,49-,50-,51-,52-,53?,55?,56+,57+,58-,59+,60+,61-,62+/m1/s1. The van der Waals surface area contributed by atoms with Crippen LogP contribution in [0.15, 0.2) is 12.2 Å². The lowest BCUT2D eigenvalue weighted by Crippen LogP contribution is -2.61. The molecule has 13 aliphatic rings. The molecule has 81 heavy (non-hydrogen) atoms. The number of ether oxygens (including phenoxy) is 14. The van der Waals surface area contributed by atoms with Crippen molar-refractivity contribution in [3.05, 3.63) is 12.2 Å². The minimum atomic E-state index is -0.963. The number of aliphatic hydroxyl groups excluding tert-OH is 3. The number of aliphatic hydroxyl groups is 3. The van der Waals surface area contributed by atoms with Crippen molar-refractivity contribution < 1.29 is 91.2 Å². The zero-order chi connectivity index (χ0) is 56.2. The Hall–Kier alpha value is -1.76. The van der Waals surface area contributed by atoms with Crippen LogP contribution in [0.1, 0.15) is 163 Å². The molecule has 2 unspecified atom stereocenters. The summed E-state index contributed by atoms with van der Waals surface area (Å²) in [7, 11) is 1.75. The van der Waals surface area contributed by atoms with Crippen molar-refractivity contribution in [2.24, 2.45) is 29.6 Å². The van der Waals surface area contributed by atoms with Gasteiger partial charge in [0.05, 0.1) is 135 Å². The molecular weight excluding hydrogens is 1050 g/mol. The van der Waals surface area contributed by atoms with Crippen LogP contribution in [0.25, 0.3) is 0 Å². The molecule has 10 bridgehead atoms. The Morgan fingerprint density at radius 2 is 1.36 bits per heavy atom. The summed E-state index contributed by atoms with van der Waals surface area (Å²) in [4.78, 5) is 27.0. The lowest BCUT2D eigenvalue weighted by atomic mass is 9.79. The molecule has 13 heterocycles. The van der Waals surface area contributed by atoms with E-state index in [2.05, 4.69) is 34.3 Å². The van der Waals surface area contributed by atoms with E-state index in [0.717, 1.165) is 50.5 Å². The highest BCUT2D eigenvalue weighted by Gasteiger charge is 2.64. The van der Waals surface area contributed by atoms with Crippen LogP contribution in [0, 0.1) is 29.6 Å². The van der Waals surface area contributed by atoms with Gasteiger partial charge in [-0.05, 0) is 87.0 Å². The van der Waals surface area contributed by atoms with Crippen molar-refractivity contribution in [3.8, 4) is 0 Å². The van der Waals surface area contributed by atoms with Gasteiger partial charge in [-0.2, -0.15) is 0 Å². The van der Waals surface area contributed by atoms with Gasteiger partial charge in [0.25, 0.3) is 0 Å². The molecule has 13 rings (SSSR count). The molecule has 19 heteroatoms. The fraction of sp³-hybridized carbons (Fsp3) is 0.935. The average Bonchev–Trinajstić information content (AvgIpc) is 4.19. The lowest BCUT2D eigenvalue weighted by Gasteiger charge is -2.50. The van der Waals surface area contributed by atoms with Gasteiger partial charge in [0.15, 0.2) is 11.6 Å². The number of esters is 1. The van der Waals surface area contributed by atoms with Crippen LogP contribution >= 0.6 is 0 Å². The lowest BCUT2D eigenvalue weighted by molar-refractivity contribution is -0.280. The third-order valence-electron chi connectivity index (χ3n) is 22.0. The van der Waals surface area contributed by atoms with Gasteiger partial charge in [-0.3, -0.25) is 9.59 Å². The molecule has 31 atom stereocenters. The average molecular weight is 1140 g/mol. The van der Waals surface area contributed by atoms with Crippen molar-refractivity contribution in [1.29, 1.82) is 0 Å². The summed E-state index contributed by atoms with van der Waals surface area (Å²) < 4.78 is 95.9. The van der Waals surface area contributed by atoms with E-state index in [-0.39, 0.29) is 178 Å². The quantitative estimate of drug-likeness (QED) is 0.191. The monoisotopic (exact) mass is 1140 g/mol. The van der Waals surface area contributed by atoms with E-state index in [0.29, 0.717) is 63.7 Å². The third kappa shape index (κ3) is 11.6. The third-order valence-corrected chi connectivity index (χ3v) is 22.0. The molecule has 456 valence electrons. The summed E-state index contributed by atoms with van der Waals surface area (Å²) in [5.74, 6) is -1.82. The Kier molecular flexibility index (Phi) is 16.8. The predicted octanol–water partition coefficient (Wildman–Crippen LogP) is 5.88. The summed E-state index contributed by atoms with van der Waals surface area (Å²) in [6, 6.07) is 0. The molecule has 2 spiro atoms. The molecule has 0 radical (unpaired) electrons. The molecule has 0 aromatic heterocycles. The van der Waals surface area contributed by atoms with Crippen LogP contribution in [0.5, 0.6) is 0 Å². The van der Waals surface area contributed by atoms with E-state index in [9.17, 15) is 24.9 Å². The fourth-order valence-electron chi connectivity index (χ4n) is 17.7. The normalized spacial score (nSPS) is 53.8. The van der Waals surface area contributed by atoms with Crippen LogP contribution in [-0.4, -0.2) is 199 Å². The molecule has 19 nitrogen and oxygen atoms in total. The topological polar surface area (TPSA) is 224 Å². The second-order valence-corrected chi connectivity index (χ2v) is 27.8. The van der Waals surface area contributed by atoms with E-state index in [4.69, 9.17) is 66.3 Å². The number of rotatable bonds is 8. The number of hydrogen-bond donors (Lipinski definition) is 3. The largest absolute Gasteiger partial charge is 0.459 e. The van der Waals surface area contributed by atoms with E-state index < -0.39 is 48.2 Å². The Morgan fingerprint density at radius 3 is 2.19 bits per heavy atom. The maximum absolute atomic E-state index is 14.6. The number of fused-ring (bicyclic) bond motifs is 12. The number of methoxy groups -OCH3 is 1. The first kappa shape index (κ1) is 58.3. The Labute approximate surface area is 478 Å². The first-order valence-corrected chi connectivity index (χ1v) is 31.8. The molecule has 0 saturated carbocycles. The first-order valence-electron chi connectivity index (χ1n) is 31.8. The molecule has 0 aromatic carbocycles. The highest BCUT2D eigenvalue weighted by molar-refractivity contribution is 5.79. The summed E-state index contributed by atoms with van der Waals surface area (Å²) in [5.41, 5.74) is 1.04. The fourth-order valence-corrected chi connectivity index (χ4v) is 17.7. The zero-order valence-corrected chi connectivity index (χ0v) is 48.7. The summed E-state index contributed by atoms with van der Waals surface area (Å²) in [6.07, 6.45) is 3.59. The molecule has 13 saturated heterocycles. The summed E-state index contributed by atoms with van der Waals surface area (Å²) >= 11 is 0. The van der Waals surface area contributed by atoms with Gasteiger partial charge in [-0.1, -0.05) is 41.2 Å². The number of hydrogen-bond acceptors (Lipinski definition) is 19. The number of Topliss-reactive ketones (excluding diaryl/α,β-unsaturated/α-hetero) is 1. The van der Waals surface area contributed by atoms with Crippen LogP contribution in [-0.2, 0) is 75.9 Å². The van der Waals surface area contributed by atoms with Crippen molar-refractivity contribution in [2.45, 2.75) is 321 Å². The molecule has 3 N–H and O–H groups in total. The van der Waals surface area contributed by atoms with Gasteiger partial charge >= 0.3 is 5.97 Å². The Bertz CT molecular complexity index is 2260. The minimum absolute atomic E-state index is 0.00473. The molecule has 0 aliphatic carbocycles. The van der Waals surface area contributed by atoms with Crippen molar-refractivity contribution in [1.82, 2.24) is 0 Å². The SMILES string of the molecule is C=C1[C@H](C)C[C@@H]2CC[C@@H]3O[C@@H](CC[C@]45C[C@@H](OC)[C@@H](O4)[C@H]4C[C@@H](O5)[C@H]5O[C@H](CC[C@@H]5O4)CC(=O)O[C@@H]4[C@@H](C)[C@@H]5O[C@@H]6C[C@]7(CC8O[C@H](C[C@H](C)C9O[C@H](CC(=O)CCO)[C@H](O)C[C@@H]9O)C[C@H](C)[C@@H]8O7)O[C@@H]6C[C@@H]5O[C@H]4C[C@H]1O2)C[C@H]3C. The zero-order valence-electron chi connectivity index (χ0n) is 48.7. The molecular formula is C62H94O19. The minimum Gasteiger partial charge on any atom is -0.459 e. The van der Waals surface area contributed by atoms with E-state index in [1.54, 1.807) is 7.11 Å². The van der Waals surface area contributed by atoms with Crippen molar-refractivity contribution in [3.63, 3.8) is 0 Å². The Morgan fingerprint density at radius 1 is 0.630 bits per heavy atom. The number of carbonyl (C=O) groups excluding carboxylic acids is 2. The van der Waals surface area contributed by atoms with Gasteiger partial charge in [0.2, 0.25) is 0 Å². The summed E-state index contributed by atoms with van der Waals surface area (Å²) in [6.45, 7) is 15.3. The van der Waals surface area contributed by atoms with Gasteiger partial charge < -0.3 is 81.6 Å². The van der Waals surface area contributed by atoms with Crippen LogP contribution in [0.4, 0.5) is 0 Å². The maximum Gasteiger partial charge on any atom is 0.308 e. The molecule has 0 aromatic rings. The van der Waals surface area contributed by atoms with Gasteiger partial charge in [-0.25, -0.2) is 0 Å². The van der Waals surface area contributed by atoms with Crippen LogP contribution < -0.4 is 0 Å². The van der Waals surface area contributed by atoms with Crippen LogP contribution in [0.2, 0.25) is 0 Å². The molecule has 13 aliphatic heterocycles. The second kappa shape index (κ2) is 23.4.